The zero-order valence-electron chi connectivity index (χ0n) is 42.8. The van der Waals surface area contributed by atoms with Gasteiger partial charge in [-0.15, -0.1) is 0 Å². The van der Waals surface area contributed by atoms with Crippen LogP contribution in [0.15, 0.2) is 65.8 Å². The molecular weight excluding hydrogens is 1180 g/mol. The molecule has 0 unspecified atom stereocenters. The second-order valence-electron chi connectivity index (χ2n) is 15.5. The number of nitro benzene ring substituents is 1. The van der Waals surface area contributed by atoms with Crippen LogP contribution in [0.5, 0.6) is 23.3 Å². The van der Waals surface area contributed by atoms with Crippen LogP contribution in [0.3, 0.4) is 0 Å². The Morgan fingerprint density at radius 1 is 0.875 bits per heavy atom. The fourth-order valence-electron chi connectivity index (χ4n) is 5.22. The average molecular weight is 1230 g/mol. The fourth-order valence-corrected chi connectivity index (χ4v) is 7.49. The van der Waals surface area contributed by atoms with Crippen LogP contribution in [0.25, 0.3) is 0 Å². The molecule has 4 amide bonds. The minimum Gasteiger partial charge on any atom is -0.481 e. The SMILES string of the molecule is CCNc1nc(Cl)nc(NC(C)C)n1.COc1cc(OC)nc(NC(=O)NS(=O)(=O)c2ncccc2C(=O)N(C)C)n1.CS(=O)(=O)NC(=O)c1cc(Oc2ccc(C(F)(F)F)cc2Cl)ccc1[N+](=O)[O-].O=C(O)CNCP(=O)(O)O. The molecule has 31 nitrogen and oxygen atoms in total. The van der Waals surface area contributed by atoms with Gasteiger partial charge in [0.05, 0.1) is 60.4 Å². The minimum atomic E-state index is -4.62. The van der Waals surface area contributed by atoms with E-state index in [1.807, 2.05) is 20.8 Å². The van der Waals surface area contributed by atoms with Crippen LogP contribution in [0.1, 0.15) is 47.1 Å². The number of nitrogens with zero attached hydrogens (tertiary/aromatic N) is 8. The number of carbonyl (C=O) groups excluding carboxylic acids is 3. The molecule has 0 aliphatic carbocycles. The Balaban J connectivity index is 0.000000393. The van der Waals surface area contributed by atoms with Gasteiger partial charge in [-0.3, -0.25) is 39.7 Å². The summed E-state index contributed by atoms with van der Waals surface area (Å²) in [4.78, 5) is 97.2. The Labute approximate surface area is 462 Å². The van der Waals surface area contributed by atoms with Gasteiger partial charge in [0.2, 0.25) is 44.9 Å². The lowest BCUT2D eigenvalue weighted by atomic mass is 10.1. The number of halogens is 5. The topological polar surface area (TPSA) is 438 Å². The number of urea groups is 1. The highest BCUT2D eigenvalue weighted by molar-refractivity contribution is 7.90. The zero-order chi connectivity index (χ0) is 60.9. The number of hydrogen-bond acceptors (Lipinski definition) is 23. The van der Waals surface area contributed by atoms with E-state index in [-0.39, 0.29) is 46.1 Å². The van der Waals surface area contributed by atoms with E-state index < -0.39 is 102 Å². The molecule has 39 heteroatoms. The van der Waals surface area contributed by atoms with Crippen molar-refractivity contribution in [1.82, 2.24) is 49.6 Å². The second kappa shape index (κ2) is 30.5. The van der Waals surface area contributed by atoms with Crippen molar-refractivity contribution in [2.75, 3.05) is 69.9 Å². The van der Waals surface area contributed by atoms with Gasteiger partial charge in [-0.05, 0) is 68.8 Å². The number of pyridine rings is 1. The lowest BCUT2D eigenvalue weighted by Gasteiger charge is -2.14. The summed E-state index contributed by atoms with van der Waals surface area (Å²) >= 11 is 11.5. The van der Waals surface area contributed by atoms with Gasteiger partial charge in [-0.25, -0.2) is 27.6 Å². The Hall–Kier alpha value is -7.86. The van der Waals surface area contributed by atoms with Crippen LogP contribution in [0.2, 0.25) is 10.3 Å². The number of aliphatic carboxylic acids is 1. The van der Waals surface area contributed by atoms with Gasteiger partial charge in [0.15, 0.2) is 5.03 Å². The minimum absolute atomic E-state index is 0.0913. The van der Waals surface area contributed by atoms with E-state index in [2.05, 4.69) is 51.2 Å². The predicted octanol–water partition coefficient (Wildman–Crippen LogP) is 4.42. The largest absolute Gasteiger partial charge is 0.481 e. The molecule has 0 aliphatic rings. The third-order valence-corrected chi connectivity index (χ3v) is 11.3. The van der Waals surface area contributed by atoms with E-state index in [0.717, 1.165) is 30.8 Å². The van der Waals surface area contributed by atoms with Crippen molar-refractivity contribution in [3.8, 4) is 23.3 Å². The van der Waals surface area contributed by atoms with Gasteiger partial charge in [0.1, 0.15) is 17.1 Å². The highest BCUT2D eigenvalue weighted by atomic mass is 35.5. The summed E-state index contributed by atoms with van der Waals surface area (Å²) in [5, 5.41) is 28.5. The van der Waals surface area contributed by atoms with Crippen molar-refractivity contribution >= 4 is 98.2 Å². The molecule has 3 aromatic heterocycles. The summed E-state index contributed by atoms with van der Waals surface area (Å²) in [7, 11) is -6.95. The number of methoxy groups -OCH3 is 2. The number of carbonyl (C=O) groups is 4. The van der Waals surface area contributed by atoms with Gasteiger partial charge in [0, 0.05) is 45.0 Å². The number of anilines is 3. The number of aromatic nitrogens is 6. The van der Waals surface area contributed by atoms with Crippen LogP contribution in [0, 0.1) is 10.1 Å². The van der Waals surface area contributed by atoms with E-state index >= 15 is 0 Å². The number of benzene rings is 2. The molecule has 0 bridgehead atoms. The summed E-state index contributed by atoms with van der Waals surface area (Å²) < 4.78 is 114. The maximum atomic E-state index is 12.7. The molecule has 2 aromatic carbocycles. The number of rotatable bonds is 19. The number of carboxylic acids is 1. The molecule has 0 spiro atoms. The number of amides is 4. The predicted molar refractivity (Wildman–Crippen MR) is 279 cm³/mol. The van der Waals surface area contributed by atoms with Crippen molar-refractivity contribution in [3.63, 3.8) is 0 Å². The molecule has 80 heavy (non-hydrogen) atoms. The molecule has 5 aromatic rings. The average Bonchev–Trinajstić information content (AvgIpc) is 3.32. The van der Waals surface area contributed by atoms with Crippen molar-refractivity contribution in [3.05, 3.63) is 97.9 Å². The maximum Gasteiger partial charge on any atom is 0.416 e. The maximum absolute atomic E-state index is 12.7. The number of nitro groups is 1. The standard InChI is InChI=1S/C15H10ClF3N2O6S.C15H18N6O6S.C8H14ClN5.C3H8NO5P/c1-28(25,26)20-14(22)10-7-9(3-4-12(10)21(23)24)27-13-5-2-8(6-11(13)16)15(17,18)19;1-21(2)13(22)9-6-5-7-16-12(9)28(24,25)20-15(23)19-14-17-10(26-3)8-11(18-14)27-4;1-4-10-7-12-6(9)13-8(14-7)11-5(2)3;5-3(6)1-4-2-10(7,8)9/h2-7H,1H3,(H,20,22);5-8H,1-4H3,(H2,17,18,19,20,23);5H,4H2,1-3H3,(H2,10,11,12,13,14);4H,1-2H2,(H,5,6)(H2,7,8,9). The summed E-state index contributed by atoms with van der Waals surface area (Å²) in [6.45, 7) is 6.29. The molecule has 0 fully saturated rings. The molecule has 0 saturated heterocycles. The van der Waals surface area contributed by atoms with Gasteiger partial charge in [-0.2, -0.15) is 46.5 Å². The summed E-state index contributed by atoms with van der Waals surface area (Å²) in [5.41, 5.74) is -2.53. The van der Waals surface area contributed by atoms with Crippen molar-refractivity contribution in [1.29, 1.82) is 0 Å². The molecule has 9 N–H and O–H groups in total. The zero-order valence-corrected chi connectivity index (χ0v) is 46.8. The highest BCUT2D eigenvalue weighted by Gasteiger charge is 2.32. The van der Waals surface area contributed by atoms with Crippen molar-refractivity contribution in [2.24, 2.45) is 0 Å². The molecule has 5 rings (SSSR count). The van der Waals surface area contributed by atoms with E-state index in [9.17, 15) is 63.9 Å². The number of nitrogens with one attached hydrogen (secondary N) is 6. The number of sulfonamides is 2. The normalized spacial score (nSPS) is 11.1. The van der Waals surface area contributed by atoms with Crippen LogP contribution in [0.4, 0.5) is 41.5 Å². The van der Waals surface area contributed by atoms with Gasteiger partial charge < -0.3 is 44.6 Å². The van der Waals surface area contributed by atoms with Gasteiger partial charge in [-0.1, -0.05) is 11.6 Å². The van der Waals surface area contributed by atoms with E-state index in [4.69, 9.17) is 52.3 Å². The number of ether oxygens (including phenoxy) is 3. The highest BCUT2D eigenvalue weighted by Crippen LogP contribution is 2.37. The number of carboxylic acid groups (broad SMARTS) is 1. The van der Waals surface area contributed by atoms with Gasteiger partial charge in [0.25, 0.3) is 27.5 Å². The van der Waals surface area contributed by atoms with E-state index in [1.54, 1.807) is 9.44 Å². The molecule has 0 aliphatic heterocycles. The van der Waals surface area contributed by atoms with Crippen molar-refractivity contribution in [2.45, 2.75) is 38.0 Å². The van der Waals surface area contributed by atoms with Crippen LogP contribution in [-0.2, 0) is 35.6 Å². The van der Waals surface area contributed by atoms with Gasteiger partial charge >= 0.3 is 25.8 Å². The Morgan fingerprint density at radius 3 is 1.99 bits per heavy atom. The first kappa shape index (κ1) is 68.2. The summed E-state index contributed by atoms with van der Waals surface area (Å²) in [6.07, 6.45) is -3.35. The molecule has 0 saturated carbocycles. The monoisotopic (exact) mass is 1230 g/mol. The summed E-state index contributed by atoms with van der Waals surface area (Å²) in [5.74, 6) is -2.49. The molecule has 3 heterocycles. The molecule has 0 radical (unpaired) electrons. The smallest absolute Gasteiger partial charge is 0.416 e. The Kier molecular flexibility index (Phi) is 26.0. The Morgan fingerprint density at radius 2 is 1.49 bits per heavy atom. The van der Waals surface area contributed by atoms with Crippen LogP contribution >= 0.6 is 30.8 Å². The Bertz CT molecular complexity index is 3270. The third-order valence-electron chi connectivity index (χ3n) is 8.34. The lowest BCUT2D eigenvalue weighted by Crippen LogP contribution is -2.36. The first-order valence-electron chi connectivity index (χ1n) is 21.7. The number of alkyl halides is 3. The first-order chi connectivity index (χ1) is 37.0. The molecular formula is C41H50Cl2F3N14O17PS2. The van der Waals surface area contributed by atoms with Crippen LogP contribution in [-0.4, -0.2) is 155 Å². The van der Waals surface area contributed by atoms with E-state index in [0.29, 0.717) is 30.3 Å². The second-order valence-corrected chi connectivity index (χ2v) is 21.2. The third kappa shape index (κ3) is 24.4. The summed E-state index contributed by atoms with van der Waals surface area (Å²) in [6, 6.07) is 8.26. The van der Waals surface area contributed by atoms with E-state index in [1.165, 1.54) is 57.6 Å². The number of hydrogen-bond donors (Lipinski definition) is 9. The lowest BCUT2D eigenvalue weighted by molar-refractivity contribution is -0.385. The first-order valence-corrected chi connectivity index (χ1v) is 27.6. The van der Waals surface area contributed by atoms with Crippen molar-refractivity contribution < 1.29 is 87.8 Å². The molecule has 438 valence electrons. The quantitative estimate of drug-likeness (QED) is 0.0314. The fraction of sp³-hybridized carbons (Fsp3) is 0.317. The molecule has 0 atom stereocenters. The van der Waals surface area contributed by atoms with Crippen LogP contribution < -0.4 is 44.9 Å².